The number of halogens is 2. The molecule has 0 N–H and O–H groups in total. The van der Waals surface area contributed by atoms with E-state index >= 15 is 0 Å². The van der Waals surface area contributed by atoms with Crippen molar-refractivity contribution >= 4 is 49.3 Å². The molecule has 0 spiro atoms. The minimum absolute atomic E-state index is 0.883. The van der Waals surface area contributed by atoms with Gasteiger partial charge in [-0.15, -0.1) is 11.3 Å². The highest BCUT2D eigenvalue weighted by atomic mass is 79.9. The molecule has 0 fully saturated rings. The summed E-state index contributed by atoms with van der Waals surface area (Å²) in [5, 5.41) is 0. The van der Waals surface area contributed by atoms with E-state index in [-0.39, 0.29) is 0 Å². The second kappa shape index (κ2) is 5.85. The fourth-order valence-corrected chi connectivity index (χ4v) is 3.20. The Labute approximate surface area is 121 Å². The largest absolute Gasteiger partial charge is 0.497 e. The summed E-state index contributed by atoms with van der Waals surface area (Å²) in [4.78, 5) is 2.46. The topological polar surface area (TPSA) is 9.23 Å². The highest BCUT2D eigenvalue weighted by Crippen LogP contribution is 2.31. The smallest absolute Gasteiger partial charge is 0.118 e. The van der Waals surface area contributed by atoms with Crippen LogP contribution < -0.4 is 4.74 Å². The summed E-state index contributed by atoms with van der Waals surface area (Å²) in [7, 11) is 1.68. The van der Waals surface area contributed by atoms with E-state index in [4.69, 9.17) is 4.74 Å². The van der Waals surface area contributed by atoms with Crippen LogP contribution in [0.4, 0.5) is 0 Å². The van der Waals surface area contributed by atoms with E-state index in [1.807, 2.05) is 18.2 Å². The second-order valence-electron chi connectivity index (χ2n) is 3.36. The molecule has 0 unspecified atom stereocenters. The normalized spacial score (nSPS) is 10.1. The molecular formula is C13H10Br2OS. The van der Waals surface area contributed by atoms with Crippen molar-refractivity contribution in [1.29, 1.82) is 0 Å². The molecule has 0 saturated heterocycles. The van der Waals surface area contributed by atoms with Gasteiger partial charge in [-0.05, 0) is 79.9 Å². The first kappa shape index (κ1) is 12.9. The van der Waals surface area contributed by atoms with Gasteiger partial charge < -0.3 is 4.74 Å². The number of ether oxygens (including phenoxy) is 1. The van der Waals surface area contributed by atoms with Gasteiger partial charge >= 0.3 is 0 Å². The maximum atomic E-state index is 5.14. The van der Waals surface area contributed by atoms with Crippen molar-refractivity contribution in [1.82, 2.24) is 0 Å². The number of benzene rings is 1. The Balaban J connectivity index is 2.27. The summed E-state index contributed by atoms with van der Waals surface area (Å²) in [6, 6.07) is 12.3. The van der Waals surface area contributed by atoms with Crippen molar-refractivity contribution in [2.24, 2.45) is 0 Å². The number of hydrogen-bond acceptors (Lipinski definition) is 2. The van der Waals surface area contributed by atoms with E-state index in [0.29, 0.717) is 0 Å². The third kappa shape index (κ3) is 3.44. The quantitative estimate of drug-likeness (QED) is 0.688. The van der Waals surface area contributed by atoms with Crippen LogP contribution in [-0.4, -0.2) is 7.11 Å². The average molecular weight is 374 g/mol. The number of thiophene rings is 1. The maximum absolute atomic E-state index is 5.14. The molecule has 0 amide bonds. The number of hydrogen-bond donors (Lipinski definition) is 0. The molecule has 0 aliphatic carbocycles. The summed E-state index contributed by atoms with van der Waals surface area (Å²) < 4.78 is 6.10. The molecular weight excluding hydrogens is 364 g/mol. The van der Waals surface area contributed by atoms with Crippen LogP contribution in [0.2, 0.25) is 0 Å². The molecule has 17 heavy (non-hydrogen) atoms. The first-order valence-electron chi connectivity index (χ1n) is 4.96. The van der Waals surface area contributed by atoms with Crippen molar-refractivity contribution < 1.29 is 4.74 Å². The predicted molar refractivity (Wildman–Crippen MR) is 82.1 cm³/mol. The van der Waals surface area contributed by atoms with Gasteiger partial charge in [0.25, 0.3) is 0 Å². The Kier molecular flexibility index (Phi) is 4.42. The summed E-state index contributed by atoms with van der Waals surface area (Å²) in [5.41, 5.74) is 1.21. The zero-order chi connectivity index (χ0) is 12.3. The van der Waals surface area contributed by atoms with Crippen molar-refractivity contribution in [3.63, 3.8) is 0 Å². The van der Waals surface area contributed by atoms with Gasteiger partial charge in [-0.3, -0.25) is 0 Å². The van der Waals surface area contributed by atoms with E-state index in [1.54, 1.807) is 18.4 Å². The molecule has 1 nitrogen and oxygen atoms in total. The Hall–Kier alpha value is -0.580. The number of rotatable bonds is 3. The highest BCUT2D eigenvalue weighted by molar-refractivity contribution is 9.28. The zero-order valence-corrected chi connectivity index (χ0v) is 13.1. The van der Waals surface area contributed by atoms with Crippen LogP contribution in [0.15, 0.2) is 39.8 Å². The van der Waals surface area contributed by atoms with Crippen molar-refractivity contribution in [2.75, 3.05) is 7.11 Å². The Morgan fingerprint density at radius 3 is 2.41 bits per heavy atom. The van der Waals surface area contributed by atoms with Crippen molar-refractivity contribution in [3.05, 3.63) is 44.7 Å². The first-order valence-corrected chi connectivity index (χ1v) is 7.36. The fraction of sp³-hybridized carbons (Fsp3) is 0.0769. The molecule has 0 saturated carbocycles. The highest BCUT2D eigenvalue weighted by Gasteiger charge is 2.02. The van der Waals surface area contributed by atoms with Crippen LogP contribution in [0.1, 0.15) is 4.88 Å². The van der Waals surface area contributed by atoms with E-state index < -0.39 is 0 Å². The average Bonchev–Trinajstić information content (AvgIpc) is 2.77. The Bertz CT molecular complexity index is 525. The lowest BCUT2D eigenvalue weighted by atomic mass is 10.2. The van der Waals surface area contributed by atoms with E-state index in [2.05, 4.69) is 56.1 Å². The van der Waals surface area contributed by atoms with Crippen molar-refractivity contribution in [3.8, 4) is 16.2 Å². The SMILES string of the molecule is COc1ccc(-c2ccc(C=C(Br)Br)s2)cc1. The van der Waals surface area contributed by atoms with Gasteiger partial charge in [0, 0.05) is 9.75 Å². The van der Waals surface area contributed by atoms with Crippen LogP contribution in [0, 0.1) is 0 Å². The zero-order valence-electron chi connectivity index (χ0n) is 9.11. The lowest BCUT2D eigenvalue weighted by molar-refractivity contribution is 0.415. The molecule has 0 radical (unpaired) electrons. The molecule has 1 aromatic carbocycles. The third-order valence-corrected chi connectivity index (χ3v) is 3.79. The summed E-state index contributed by atoms with van der Waals surface area (Å²) in [6.45, 7) is 0. The Morgan fingerprint density at radius 2 is 1.82 bits per heavy atom. The van der Waals surface area contributed by atoms with Crippen LogP contribution >= 0.6 is 43.2 Å². The fourth-order valence-electron chi connectivity index (χ4n) is 1.45. The van der Waals surface area contributed by atoms with Crippen LogP contribution in [0.25, 0.3) is 16.5 Å². The molecule has 0 aliphatic heterocycles. The monoisotopic (exact) mass is 372 g/mol. The van der Waals surface area contributed by atoms with Gasteiger partial charge in [0.15, 0.2) is 0 Å². The van der Waals surface area contributed by atoms with Crippen molar-refractivity contribution in [2.45, 2.75) is 0 Å². The standard InChI is InChI=1S/C13H10Br2OS/c1-16-10-4-2-9(3-5-10)12-7-6-11(17-12)8-13(14)15/h2-8H,1H3. The third-order valence-electron chi connectivity index (χ3n) is 2.25. The Morgan fingerprint density at radius 1 is 1.12 bits per heavy atom. The van der Waals surface area contributed by atoms with Crippen LogP contribution in [0.3, 0.4) is 0 Å². The molecule has 4 heteroatoms. The lowest BCUT2D eigenvalue weighted by Gasteiger charge is -2.00. The molecule has 1 aromatic heterocycles. The van der Waals surface area contributed by atoms with Gasteiger partial charge in [0.2, 0.25) is 0 Å². The summed E-state index contributed by atoms with van der Waals surface area (Å²) in [6.07, 6.45) is 2.04. The van der Waals surface area contributed by atoms with Gasteiger partial charge in [-0.1, -0.05) is 0 Å². The second-order valence-corrected chi connectivity index (χ2v) is 7.25. The minimum atomic E-state index is 0.883. The van der Waals surface area contributed by atoms with E-state index in [9.17, 15) is 0 Å². The molecule has 0 aliphatic rings. The van der Waals surface area contributed by atoms with Gasteiger partial charge in [0.1, 0.15) is 5.75 Å². The summed E-state index contributed by atoms with van der Waals surface area (Å²) >= 11 is 8.48. The molecule has 0 bridgehead atoms. The van der Waals surface area contributed by atoms with E-state index in [0.717, 1.165) is 9.14 Å². The number of methoxy groups -OCH3 is 1. The molecule has 88 valence electrons. The minimum Gasteiger partial charge on any atom is -0.497 e. The molecule has 2 rings (SSSR count). The summed E-state index contributed by atoms with van der Waals surface area (Å²) in [5.74, 6) is 0.883. The maximum Gasteiger partial charge on any atom is 0.118 e. The van der Waals surface area contributed by atoms with Gasteiger partial charge in [0.05, 0.1) is 10.5 Å². The first-order chi connectivity index (χ1) is 8.19. The van der Waals surface area contributed by atoms with Gasteiger partial charge in [-0.25, -0.2) is 0 Å². The van der Waals surface area contributed by atoms with Crippen LogP contribution in [-0.2, 0) is 0 Å². The molecule has 2 aromatic rings. The molecule has 0 atom stereocenters. The lowest BCUT2D eigenvalue weighted by Crippen LogP contribution is -1.81. The predicted octanol–water partition coefficient (Wildman–Crippen LogP) is 5.51. The van der Waals surface area contributed by atoms with Gasteiger partial charge in [-0.2, -0.15) is 0 Å². The molecule has 1 heterocycles. The van der Waals surface area contributed by atoms with Crippen LogP contribution in [0.5, 0.6) is 5.75 Å². The van der Waals surface area contributed by atoms with E-state index in [1.165, 1.54) is 15.3 Å².